The van der Waals surface area contributed by atoms with Crippen LogP contribution in [0.25, 0.3) is 0 Å². The lowest BCUT2D eigenvalue weighted by Gasteiger charge is -2.39. The first-order chi connectivity index (χ1) is 10.7. The Kier molecular flexibility index (Phi) is 5.33. The van der Waals surface area contributed by atoms with E-state index in [1.165, 1.54) is 0 Å². The topological polar surface area (TPSA) is 79.6 Å². The van der Waals surface area contributed by atoms with Gasteiger partial charge in [0.15, 0.2) is 15.8 Å². The summed E-state index contributed by atoms with van der Waals surface area (Å²) >= 11 is 0. The van der Waals surface area contributed by atoms with Gasteiger partial charge in [0.25, 0.3) is 0 Å². The number of hydrogen-bond donors (Lipinski definition) is 1. The van der Waals surface area contributed by atoms with Crippen molar-refractivity contribution in [3.63, 3.8) is 0 Å². The van der Waals surface area contributed by atoms with E-state index in [4.69, 9.17) is 0 Å². The van der Waals surface area contributed by atoms with Gasteiger partial charge in [-0.1, -0.05) is 0 Å². The molecule has 1 saturated heterocycles. The van der Waals surface area contributed by atoms with Crippen LogP contribution in [0.5, 0.6) is 0 Å². The highest BCUT2D eigenvalue weighted by atomic mass is 32.2. The quantitative estimate of drug-likeness (QED) is 0.635. The Hall–Kier alpha value is -1.57. The molecule has 1 aromatic heterocycles. The third-order valence-corrected chi connectivity index (χ3v) is 6.63. The molecule has 130 valence electrons. The summed E-state index contributed by atoms with van der Waals surface area (Å²) in [6.45, 7) is 7.95. The number of rotatable bonds is 4. The minimum Gasteiger partial charge on any atom is -0.357 e. The van der Waals surface area contributed by atoms with E-state index in [1.807, 2.05) is 31.3 Å². The largest absolute Gasteiger partial charge is 0.357 e. The highest BCUT2D eigenvalue weighted by Crippen LogP contribution is 2.23. The second kappa shape index (κ2) is 6.90. The van der Waals surface area contributed by atoms with Gasteiger partial charge in [-0.25, -0.2) is 8.42 Å². The molecule has 1 aliphatic rings. The number of sulfone groups is 1. The summed E-state index contributed by atoms with van der Waals surface area (Å²) in [4.78, 5) is 6.70. The van der Waals surface area contributed by atoms with Crippen molar-refractivity contribution in [3.8, 4) is 0 Å². The van der Waals surface area contributed by atoms with Crippen LogP contribution >= 0.6 is 0 Å². The van der Waals surface area contributed by atoms with Gasteiger partial charge in [-0.3, -0.25) is 9.67 Å². The molecule has 23 heavy (non-hydrogen) atoms. The monoisotopic (exact) mass is 341 g/mol. The van der Waals surface area contributed by atoms with E-state index in [1.54, 1.807) is 18.5 Å². The number of aliphatic imine (C=N–C) groups is 1. The standard InChI is InChI=1S/C15H27N5O2S/c1-5-16-14(17-7-6-13-10-18-19(4)11-13)20-8-9-23(21,22)15(2,3)12-20/h10-11H,5-9,12H2,1-4H3,(H,16,17). The highest BCUT2D eigenvalue weighted by molar-refractivity contribution is 7.92. The minimum absolute atomic E-state index is 0.174. The van der Waals surface area contributed by atoms with Crippen LogP contribution in [0, 0.1) is 0 Å². The second-order valence-electron chi connectivity index (χ2n) is 6.51. The fourth-order valence-corrected chi connectivity index (χ4v) is 4.01. The third-order valence-electron chi connectivity index (χ3n) is 4.10. The molecule has 1 aromatic rings. The predicted molar refractivity (Wildman–Crippen MR) is 92.3 cm³/mol. The maximum absolute atomic E-state index is 12.1. The average Bonchev–Trinajstić information content (AvgIpc) is 2.87. The van der Waals surface area contributed by atoms with Gasteiger partial charge in [-0.15, -0.1) is 0 Å². The summed E-state index contributed by atoms with van der Waals surface area (Å²) in [7, 11) is -1.14. The van der Waals surface area contributed by atoms with E-state index in [0.29, 0.717) is 19.6 Å². The molecule has 0 bridgehead atoms. The molecule has 8 heteroatoms. The van der Waals surface area contributed by atoms with Crippen LogP contribution in [0.4, 0.5) is 0 Å². The van der Waals surface area contributed by atoms with E-state index in [-0.39, 0.29) is 5.75 Å². The third kappa shape index (κ3) is 4.25. The first-order valence-electron chi connectivity index (χ1n) is 7.98. The van der Waals surface area contributed by atoms with Gasteiger partial charge in [0.1, 0.15) is 0 Å². The Labute approximate surface area is 138 Å². The van der Waals surface area contributed by atoms with Gasteiger partial charge < -0.3 is 10.2 Å². The Morgan fingerprint density at radius 2 is 2.22 bits per heavy atom. The fourth-order valence-electron chi connectivity index (χ4n) is 2.64. The molecule has 0 spiro atoms. The van der Waals surface area contributed by atoms with Crippen molar-refractivity contribution in [1.29, 1.82) is 0 Å². The van der Waals surface area contributed by atoms with Crippen LogP contribution in [0.15, 0.2) is 17.4 Å². The molecule has 0 radical (unpaired) electrons. The zero-order valence-corrected chi connectivity index (χ0v) is 15.2. The van der Waals surface area contributed by atoms with E-state index in [9.17, 15) is 8.42 Å². The molecule has 7 nitrogen and oxygen atoms in total. The van der Waals surface area contributed by atoms with Crippen LogP contribution in [-0.4, -0.2) is 65.7 Å². The number of hydrogen-bond acceptors (Lipinski definition) is 4. The molecule has 0 amide bonds. The molecule has 0 unspecified atom stereocenters. The van der Waals surface area contributed by atoms with Crippen LogP contribution < -0.4 is 5.32 Å². The summed E-state index contributed by atoms with van der Waals surface area (Å²) in [5, 5.41) is 7.42. The zero-order valence-electron chi connectivity index (χ0n) is 14.4. The number of nitrogens with one attached hydrogen (secondary N) is 1. The Bertz CT molecular complexity index is 663. The van der Waals surface area contributed by atoms with Crippen molar-refractivity contribution in [2.45, 2.75) is 31.9 Å². The molecule has 0 aliphatic carbocycles. The normalized spacial score (nSPS) is 20.5. The molecule has 1 fully saturated rings. The first kappa shape index (κ1) is 17.8. The van der Waals surface area contributed by atoms with Crippen LogP contribution in [0.3, 0.4) is 0 Å². The smallest absolute Gasteiger partial charge is 0.194 e. The first-order valence-corrected chi connectivity index (χ1v) is 9.63. The molecular formula is C15H27N5O2S. The van der Waals surface area contributed by atoms with Crippen molar-refractivity contribution in [2.75, 3.05) is 31.9 Å². The Morgan fingerprint density at radius 3 is 2.78 bits per heavy atom. The molecule has 0 aromatic carbocycles. The summed E-state index contributed by atoms with van der Waals surface area (Å²) in [6, 6.07) is 0. The molecule has 1 N–H and O–H groups in total. The Balaban J connectivity index is 2.04. The van der Waals surface area contributed by atoms with Gasteiger partial charge in [-0.05, 0) is 32.8 Å². The summed E-state index contributed by atoms with van der Waals surface area (Å²) in [5.74, 6) is 0.965. The van der Waals surface area contributed by atoms with E-state index in [0.717, 1.165) is 24.5 Å². The molecule has 2 rings (SSSR count). The average molecular weight is 341 g/mol. The molecule has 2 heterocycles. The molecular weight excluding hydrogens is 314 g/mol. The Morgan fingerprint density at radius 1 is 1.48 bits per heavy atom. The molecule has 0 atom stereocenters. The van der Waals surface area contributed by atoms with Crippen molar-refractivity contribution >= 4 is 15.8 Å². The second-order valence-corrected chi connectivity index (χ2v) is 9.25. The van der Waals surface area contributed by atoms with Crippen molar-refractivity contribution < 1.29 is 8.42 Å². The van der Waals surface area contributed by atoms with Crippen LogP contribution in [0.2, 0.25) is 0 Å². The highest BCUT2D eigenvalue weighted by Gasteiger charge is 2.40. The van der Waals surface area contributed by atoms with Gasteiger partial charge in [-0.2, -0.15) is 5.10 Å². The van der Waals surface area contributed by atoms with Gasteiger partial charge in [0, 0.05) is 39.4 Å². The number of aromatic nitrogens is 2. The minimum atomic E-state index is -3.04. The predicted octanol–water partition coefficient (Wildman–Crippen LogP) is 0.437. The lowest BCUT2D eigenvalue weighted by Crippen LogP contribution is -2.57. The lowest BCUT2D eigenvalue weighted by atomic mass is 10.2. The van der Waals surface area contributed by atoms with Crippen molar-refractivity contribution in [1.82, 2.24) is 20.0 Å². The van der Waals surface area contributed by atoms with Gasteiger partial charge in [0.05, 0.1) is 16.7 Å². The van der Waals surface area contributed by atoms with Gasteiger partial charge >= 0.3 is 0 Å². The van der Waals surface area contributed by atoms with Crippen molar-refractivity contribution in [2.24, 2.45) is 12.0 Å². The number of guanidine groups is 1. The fraction of sp³-hybridized carbons (Fsp3) is 0.733. The SMILES string of the molecule is CCNC(=NCCc1cnn(C)c1)N1CCS(=O)(=O)C(C)(C)C1. The zero-order chi connectivity index (χ0) is 17.1. The summed E-state index contributed by atoms with van der Waals surface area (Å²) in [5.41, 5.74) is 1.15. The van der Waals surface area contributed by atoms with Crippen LogP contribution in [0.1, 0.15) is 26.3 Å². The maximum atomic E-state index is 12.1. The number of nitrogens with zero attached hydrogens (tertiary/aromatic N) is 4. The molecule has 1 aliphatic heterocycles. The number of aryl methyl sites for hydroxylation is 1. The maximum Gasteiger partial charge on any atom is 0.194 e. The van der Waals surface area contributed by atoms with E-state index < -0.39 is 14.6 Å². The summed E-state index contributed by atoms with van der Waals surface area (Å²) < 4.78 is 25.3. The van der Waals surface area contributed by atoms with Crippen LogP contribution in [-0.2, 0) is 23.3 Å². The van der Waals surface area contributed by atoms with E-state index >= 15 is 0 Å². The van der Waals surface area contributed by atoms with E-state index in [2.05, 4.69) is 15.4 Å². The summed E-state index contributed by atoms with van der Waals surface area (Å²) in [6.07, 6.45) is 4.65. The lowest BCUT2D eigenvalue weighted by molar-refractivity contribution is 0.353. The van der Waals surface area contributed by atoms with Crippen molar-refractivity contribution in [3.05, 3.63) is 18.0 Å². The van der Waals surface area contributed by atoms with Gasteiger partial charge in [0.2, 0.25) is 0 Å². The molecule has 0 saturated carbocycles.